The predicted octanol–water partition coefficient (Wildman–Crippen LogP) is 3.82. The van der Waals surface area contributed by atoms with Gasteiger partial charge in [-0.25, -0.2) is 0 Å². The Morgan fingerprint density at radius 1 is 1.14 bits per heavy atom. The maximum absolute atomic E-state index is 12.7. The molecule has 2 aromatic heterocycles. The first kappa shape index (κ1) is 19.1. The Kier molecular flexibility index (Phi) is 5.81. The van der Waals surface area contributed by atoms with E-state index in [1.54, 1.807) is 18.0 Å². The van der Waals surface area contributed by atoms with Crippen LogP contribution in [0, 0.1) is 0 Å². The molecule has 0 spiro atoms. The number of carbonyl (C=O) groups excluding carboxylic acids is 1. The highest BCUT2D eigenvalue weighted by Gasteiger charge is 2.14. The van der Waals surface area contributed by atoms with Gasteiger partial charge in [0.15, 0.2) is 5.82 Å². The maximum Gasteiger partial charge on any atom is 0.228 e. The van der Waals surface area contributed by atoms with Crippen LogP contribution in [-0.2, 0) is 11.2 Å². The van der Waals surface area contributed by atoms with Gasteiger partial charge in [-0.05, 0) is 29.8 Å². The summed E-state index contributed by atoms with van der Waals surface area (Å²) in [5.41, 5.74) is 2.66. The van der Waals surface area contributed by atoms with E-state index in [1.165, 1.54) is 0 Å². The highest BCUT2D eigenvalue weighted by molar-refractivity contribution is 7.99. The fraction of sp³-hybridized carbons (Fsp3) is 0.190. The molecule has 1 atom stereocenters. The van der Waals surface area contributed by atoms with E-state index in [0.717, 1.165) is 32.8 Å². The fourth-order valence-electron chi connectivity index (χ4n) is 3.05. The maximum atomic E-state index is 12.7. The molecule has 0 saturated heterocycles. The number of benzene rings is 2. The Bertz CT molecular complexity index is 1110. The number of H-pyrrole nitrogens is 1. The van der Waals surface area contributed by atoms with Crippen LogP contribution in [0.25, 0.3) is 10.9 Å². The van der Waals surface area contributed by atoms with Gasteiger partial charge >= 0.3 is 0 Å². The summed E-state index contributed by atoms with van der Waals surface area (Å²) in [6.07, 6.45) is 2.05. The van der Waals surface area contributed by atoms with E-state index < -0.39 is 0 Å². The zero-order chi connectivity index (χ0) is 20.1. The van der Waals surface area contributed by atoms with Gasteiger partial charge in [-0.1, -0.05) is 42.5 Å². The number of tetrazole rings is 1. The molecule has 4 rings (SSSR count). The summed E-state index contributed by atoms with van der Waals surface area (Å²) < 4.78 is 0. The second kappa shape index (κ2) is 8.83. The molecule has 2 N–H and O–H groups in total. The Labute approximate surface area is 172 Å². The van der Waals surface area contributed by atoms with Gasteiger partial charge in [0.2, 0.25) is 5.91 Å². The van der Waals surface area contributed by atoms with E-state index in [9.17, 15) is 4.79 Å². The highest BCUT2D eigenvalue weighted by Crippen LogP contribution is 2.30. The van der Waals surface area contributed by atoms with Crippen molar-refractivity contribution in [1.82, 2.24) is 25.6 Å². The normalized spacial score (nSPS) is 12.0. The SMILES string of the molecule is CC(CSc1ccccc1NC(=O)Cc1cccc2ncccc12)c1nn[nH]n1. The van der Waals surface area contributed by atoms with Gasteiger partial charge in [-0.3, -0.25) is 9.78 Å². The number of pyridine rings is 1. The number of hydrogen-bond acceptors (Lipinski definition) is 6. The number of nitrogens with one attached hydrogen (secondary N) is 2. The highest BCUT2D eigenvalue weighted by atomic mass is 32.2. The van der Waals surface area contributed by atoms with Crippen LogP contribution in [-0.4, -0.2) is 37.3 Å². The molecule has 0 bridgehead atoms. The third-order valence-corrected chi connectivity index (χ3v) is 5.87. The average Bonchev–Trinajstić information content (AvgIpc) is 3.28. The summed E-state index contributed by atoms with van der Waals surface area (Å²) >= 11 is 1.66. The topological polar surface area (TPSA) is 96.5 Å². The molecular weight excluding hydrogens is 384 g/mol. The molecule has 7 nitrogen and oxygen atoms in total. The first-order valence-electron chi connectivity index (χ1n) is 9.28. The van der Waals surface area contributed by atoms with Crippen molar-refractivity contribution in [1.29, 1.82) is 0 Å². The lowest BCUT2D eigenvalue weighted by Gasteiger charge is -2.13. The van der Waals surface area contributed by atoms with Gasteiger partial charge in [0, 0.05) is 28.1 Å². The molecular formula is C21H20N6OS. The zero-order valence-corrected chi connectivity index (χ0v) is 16.7. The smallest absolute Gasteiger partial charge is 0.228 e. The van der Waals surface area contributed by atoms with Crippen LogP contribution in [0.3, 0.4) is 0 Å². The van der Waals surface area contributed by atoms with Gasteiger partial charge in [0.25, 0.3) is 0 Å². The van der Waals surface area contributed by atoms with Crippen molar-refractivity contribution < 1.29 is 4.79 Å². The molecule has 1 amide bonds. The lowest BCUT2D eigenvalue weighted by Crippen LogP contribution is -2.15. The first-order chi connectivity index (χ1) is 14.2. The number of aromatic amines is 1. The number of fused-ring (bicyclic) bond motifs is 1. The standard InChI is InChI=1S/C21H20N6OS/c1-14(21-24-26-27-25-21)13-29-19-10-3-2-8-18(19)23-20(28)12-15-6-4-9-17-16(15)7-5-11-22-17/h2-11,14H,12-13H2,1H3,(H,23,28)(H,24,25,26,27). The predicted molar refractivity (Wildman–Crippen MR) is 114 cm³/mol. The third-order valence-electron chi connectivity index (χ3n) is 4.54. The molecule has 2 heterocycles. The van der Waals surface area contributed by atoms with Crippen molar-refractivity contribution >= 4 is 34.3 Å². The van der Waals surface area contributed by atoms with Crippen LogP contribution in [0.2, 0.25) is 0 Å². The molecule has 0 aliphatic carbocycles. The Balaban J connectivity index is 1.44. The summed E-state index contributed by atoms with van der Waals surface area (Å²) in [4.78, 5) is 18.1. The summed E-state index contributed by atoms with van der Waals surface area (Å²) in [7, 11) is 0. The number of anilines is 1. The van der Waals surface area contributed by atoms with E-state index in [2.05, 4.69) is 30.9 Å². The number of thioether (sulfide) groups is 1. The summed E-state index contributed by atoms with van der Waals surface area (Å²) in [6.45, 7) is 2.05. The van der Waals surface area contributed by atoms with E-state index >= 15 is 0 Å². The average molecular weight is 404 g/mol. The molecule has 0 fully saturated rings. The lowest BCUT2D eigenvalue weighted by atomic mass is 10.1. The Morgan fingerprint density at radius 2 is 2.03 bits per heavy atom. The first-order valence-corrected chi connectivity index (χ1v) is 10.3. The monoisotopic (exact) mass is 404 g/mol. The molecule has 2 aromatic carbocycles. The van der Waals surface area contributed by atoms with Crippen LogP contribution >= 0.6 is 11.8 Å². The quantitative estimate of drug-likeness (QED) is 0.455. The Morgan fingerprint density at radius 3 is 2.90 bits per heavy atom. The number of para-hydroxylation sites is 1. The number of amides is 1. The van der Waals surface area contributed by atoms with Crippen LogP contribution < -0.4 is 5.32 Å². The van der Waals surface area contributed by atoms with Gasteiger partial charge in [-0.2, -0.15) is 5.21 Å². The van der Waals surface area contributed by atoms with E-state index in [1.807, 2.05) is 61.5 Å². The molecule has 0 radical (unpaired) electrons. The molecule has 0 saturated carbocycles. The van der Waals surface area contributed by atoms with Crippen LogP contribution in [0.4, 0.5) is 5.69 Å². The molecule has 0 aliphatic rings. The van der Waals surface area contributed by atoms with E-state index in [0.29, 0.717) is 12.2 Å². The number of aromatic nitrogens is 5. The van der Waals surface area contributed by atoms with Gasteiger partial charge in [0.1, 0.15) is 0 Å². The van der Waals surface area contributed by atoms with Crippen molar-refractivity contribution in [2.45, 2.75) is 24.2 Å². The second-order valence-corrected chi connectivity index (χ2v) is 7.75. The summed E-state index contributed by atoms with van der Waals surface area (Å²) in [6, 6.07) is 17.5. The van der Waals surface area contributed by atoms with Gasteiger partial charge in [0.05, 0.1) is 17.6 Å². The number of nitrogens with zero attached hydrogens (tertiary/aromatic N) is 4. The van der Waals surface area contributed by atoms with Crippen LogP contribution in [0.5, 0.6) is 0 Å². The second-order valence-electron chi connectivity index (χ2n) is 6.69. The van der Waals surface area contributed by atoms with Crippen molar-refractivity contribution in [3.8, 4) is 0 Å². The molecule has 146 valence electrons. The number of hydrogen-bond donors (Lipinski definition) is 2. The van der Waals surface area contributed by atoms with Gasteiger partial charge in [-0.15, -0.1) is 22.0 Å². The molecule has 1 unspecified atom stereocenters. The molecule has 8 heteroatoms. The van der Waals surface area contributed by atoms with Crippen molar-refractivity contribution in [3.05, 3.63) is 72.2 Å². The minimum Gasteiger partial charge on any atom is -0.325 e. The van der Waals surface area contributed by atoms with E-state index in [4.69, 9.17) is 0 Å². The molecule has 29 heavy (non-hydrogen) atoms. The van der Waals surface area contributed by atoms with Crippen LogP contribution in [0.15, 0.2) is 65.7 Å². The van der Waals surface area contributed by atoms with Crippen molar-refractivity contribution in [3.63, 3.8) is 0 Å². The largest absolute Gasteiger partial charge is 0.325 e. The molecule has 4 aromatic rings. The summed E-state index contributed by atoms with van der Waals surface area (Å²) in [5, 5.41) is 18.2. The lowest BCUT2D eigenvalue weighted by molar-refractivity contribution is -0.115. The van der Waals surface area contributed by atoms with E-state index in [-0.39, 0.29) is 11.8 Å². The number of rotatable bonds is 7. The van der Waals surface area contributed by atoms with Crippen LogP contribution in [0.1, 0.15) is 24.2 Å². The number of carbonyl (C=O) groups is 1. The minimum absolute atomic E-state index is 0.0550. The fourth-order valence-corrected chi connectivity index (χ4v) is 4.08. The van der Waals surface area contributed by atoms with Crippen molar-refractivity contribution in [2.24, 2.45) is 0 Å². The Hall–Kier alpha value is -3.26. The third kappa shape index (κ3) is 4.60. The summed E-state index contributed by atoms with van der Waals surface area (Å²) in [5.74, 6) is 1.55. The molecule has 0 aliphatic heterocycles. The van der Waals surface area contributed by atoms with Crippen molar-refractivity contribution in [2.75, 3.05) is 11.1 Å². The minimum atomic E-state index is -0.0550. The van der Waals surface area contributed by atoms with Gasteiger partial charge < -0.3 is 5.32 Å². The zero-order valence-electron chi connectivity index (χ0n) is 15.9.